The molecule has 0 saturated carbocycles. The Balaban J connectivity index is 1.73. The molecule has 0 unspecified atom stereocenters. The second-order valence-corrected chi connectivity index (χ2v) is 7.10. The molecule has 0 spiro atoms. The molecule has 2 heterocycles. The molecule has 0 atom stereocenters. The van der Waals surface area contributed by atoms with Crippen molar-refractivity contribution in [1.29, 1.82) is 0 Å². The van der Waals surface area contributed by atoms with Crippen LogP contribution < -0.4 is 4.57 Å². The summed E-state index contributed by atoms with van der Waals surface area (Å²) < 4.78 is 22.7. The van der Waals surface area contributed by atoms with Gasteiger partial charge in [0.1, 0.15) is 16.9 Å². The molecule has 2 aromatic heterocycles. The zero-order valence-electron chi connectivity index (χ0n) is 14.2. The fourth-order valence-electron chi connectivity index (χ4n) is 2.95. The van der Waals surface area contributed by atoms with Crippen molar-refractivity contribution in [3.8, 4) is 11.5 Å². The Morgan fingerprint density at radius 2 is 1.96 bits per heavy atom. The Kier molecular flexibility index (Phi) is 4.55. The molecule has 0 radical (unpaired) electrons. The van der Waals surface area contributed by atoms with Gasteiger partial charge in [0.2, 0.25) is 5.89 Å². The van der Waals surface area contributed by atoms with Crippen molar-refractivity contribution < 1.29 is 13.4 Å². The van der Waals surface area contributed by atoms with Gasteiger partial charge in [-0.3, -0.25) is 0 Å². The summed E-state index contributed by atoms with van der Waals surface area (Å²) in [5.74, 6) is 0.340. The van der Waals surface area contributed by atoms with Gasteiger partial charge in [-0.1, -0.05) is 25.1 Å². The van der Waals surface area contributed by atoms with Crippen molar-refractivity contribution in [1.82, 2.24) is 4.98 Å². The third-order valence-corrected chi connectivity index (χ3v) is 4.74. The van der Waals surface area contributed by atoms with Gasteiger partial charge < -0.3 is 4.42 Å². The maximum Gasteiger partial charge on any atom is 0.233 e. The fourth-order valence-corrected chi connectivity index (χ4v) is 3.45. The minimum atomic E-state index is -0.213. The molecule has 3 nitrogen and oxygen atoms in total. The lowest BCUT2D eigenvalue weighted by molar-refractivity contribution is -0.688. The molecule has 0 fully saturated rings. The highest BCUT2D eigenvalue weighted by atomic mass is 79.9. The van der Waals surface area contributed by atoms with Crippen molar-refractivity contribution in [2.45, 2.75) is 19.9 Å². The van der Waals surface area contributed by atoms with Crippen LogP contribution in [-0.2, 0) is 13.0 Å². The number of hydrogen-bond acceptors (Lipinski definition) is 2. The Morgan fingerprint density at radius 1 is 1.12 bits per heavy atom. The number of oxazole rings is 1. The van der Waals surface area contributed by atoms with E-state index in [0.717, 1.165) is 27.6 Å². The number of pyridine rings is 1. The van der Waals surface area contributed by atoms with Crippen LogP contribution in [0.4, 0.5) is 4.39 Å². The largest absolute Gasteiger partial charge is 0.436 e. The van der Waals surface area contributed by atoms with E-state index in [4.69, 9.17) is 4.42 Å². The van der Waals surface area contributed by atoms with Gasteiger partial charge in [-0.2, -0.15) is 4.57 Å². The lowest BCUT2D eigenvalue weighted by atomic mass is 10.1. The zero-order chi connectivity index (χ0) is 18.1. The average Bonchev–Trinajstić information content (AvgIpc) is 3.06. The molecule has 5 heteroatoms. The summed E-state index contributed by atoms with van der Waals surface area (Å²) >= 11 is 3.52. The van der Waals surface area contributed by atoms with Crippen LogP contribution in [0.25, 0.3) is 22.6 Å². The Hall–Kier alpha value is -2.53. The standard InChI is InChI=1S/C21H17BrFN2O/c1-2-14-7-8-20-19(9-14)24-21(26-20)16-10-17(22)13-25(12-16)11-15-5-3-4-6-18(15)23/h3-10,12-13H,2,11H2,1H3/q+1. The molecule has 4 rings (SSSR count). The minimum Gasteiger partial charge on any atom is -0.436 e. The second kappa shape index (κ2) is 7.00. The number of nitrogens with zero attached hydrogens (tertiary/aromatic N) is 2. The van der Waals surface area contributed by atoms with Gasteiger partial charge in [-0.25, -0.2) is 9.37 Å². The molecule has 0 bridgehead atoms. The third-order valence-electron chi connectivity index (χ3n) is 4.31. The van der Waals surface area contributed by atoms with Gasteiger partial charge in [-0.05, 0) is 58.2 Å². The summed E-state index contributed by atoms with van der Waals surface area (Å²) in [6.45, 7) is 2.54. The highest BCUT2D eigenvalue weighted by Crippen LogP contribution is 2.26. The van der Waals surface area contributed by atoms with Crippen LogP contribution >= 0.6 is 15.9 Å². The summed E-state index contributed by atoms with van der Waals surface area (Å²) in [7, 11) is 0. The monoisotopic (exact) mass is 411 g/mol. The van der Waals surface area contributed by atoms with E-state index in [1.807, 2.05) is 41.2 Å². The molecule has 0 aliphatic heterocycles. The molecule has 0 aliphatic carbocycles. The lowest BCUT2D eigenvalue weighted by Gasteiger charge is -2.02. The van der Waals surface area contributed by atoms with E-state index in [1.54, 1.807) is 12.1 Å². The number of hydrogen-bond donors (Lipinski definition) is 0. The molecule has 0 aliphatic rings. The van der Waals surface area contributed by atoms with Crippen molar-refractivity contribution in [2.24, 2.45) is 0 Å². The first-order valence-electron chi connectivity index (χ1n) is 8.45. The smallest absolute Gasteiger partial charge is 0.233 e. The maximum atomic E-state index is 14.0. The summed E-state index contributed by atoms with van der Waals surface area (Å²) in [5, 5.41) is 0. The van der Waals surface area contributed by atoms with Crippen LogP contribution in [0, 0.1) is 5.82 Å². The normalized spacial score (nSPS) is 11.2. The van der Waals surface area contributed by atoms with Gasteiger partial charge in [0.25, 0.3) is 0 Å². The molecule has 130 valence electrons. The van der Waals surface area contributed by atoms with Crippen molar-refractivity contribution in [3.63, 3.8) is 0 Å². The van der Waals surface area contributed by atoms with E-state index in [0.29, 0.717) is 18.0 Å². The van der Waals surface area contributed by atoms with Gasteiger partial charge >= 0.3 is 0 Å². The molecule has 2 aromatic carbocycles. The lowest BCUT2D eigenvalue weighted by Crippen LogP contribution is -2.34. The highest BCUT2D eigenvalue weighted by Gasteiger charge is 2.15. The summed E-state index contributed by atoms with van der Waals surface area (Å²) in [5.41, 5.74) is 4.30. The van der Waals surface area contributed by atoms with E-state index in [-0.39, 0.29) is 5.82 Å². The second-order valence-electron chi connectivity index (χ2n) is 6.18. The number of aromatic nitrogens is 2. The van der Waals surface area contributed by atoms with Crippen LogP contribution in [0.15, 0.2) is 69.8 Å². The SMILES string of the molecule is CCc1ccc2oc(-c3cc(Br)c[n+](Cc4ccccc4F)c3)nc2c1. The van der Waals surface area contributed by atoms with E-state index < -0.39 is 0 Å². The van der Waals surface area contributed by atoms with Crippen molar-refractivity contribution in [3.05, 3.63) is 82.3 Å². The Bertz CT molecular complexity index is 1090. The molecule has 0 N–H and O–H groups in total. The van der Waals surface area contributed by atoms with Gasteiger partial charge in [0.15, 0.2) is 24.5 Å². The predicted octanol–water partition coefficient (Wildman–Crippen LogP) is 5.29. The van der Waals surface area contributed by atoms with Crippen LogP contribution in [-0.4, -0.2) is 4.98 Å². The van der Waals surface area contributed by atoms with Crippen LogP contribution in [0.2, 0.25) is 0 Å². The van der Waals surface area contributed by atoms with E-state index in [1.165, 1.54) is 11.6 Å². The first-order chi connectivity index (χ1) is 12.6. The Labute approximate surface area is 159 Å². The number of halogens is 2. The first-order valence-corrected chi connectivity index (χ1v) is 9.24. The number of fused-ring (bicyclic) bond motifs is 1. The molecular weight excluding hydrogens is 395 g/mol. The molecule has 0 saturated heterocycles. The van der Waals surface area contributed by atoms with Crippen molar-refractivity contribution in [2.75, 3.05) is 0 Å². The van der Waals surface area contributed by atoms with Gasteiger partial charge in [0.05, 0.1) is 10.0 Å². The van der Waals surface area contributed by atoms with E-state index >= 15 is 0 Å². The zero-order valence-corrected chi connectivity index (χ0v) is 15.8. The Morgan fingerprint density at radius 3 is 2.77 bits per heavy atom. The van der Waals surface area contributed by atoms with Gasteiger partial charge in [0, 0.05) is 0 Å². The first kappa shape index (κ1) is 16.9. The summed E-state index contributed by atoms with van der Waals surface area (Å²) in [6.07, 6.45) is 4.79. The van der Waals surface area contributed by atoms with E-state index in [2.05, 4.69) is 33.9 Å². The van der Waals surface area contributed by atoms with E-state index in [9.17, 15) is 4.39 Å². The van der Waals surface area contributed by atoms with Crippen LogP contribution in [0.3, 0.4) is 0 Å². The third kappa shape index (κ3) is 3.40. The maximum absolute atomic E-state index is 14.0. The van der Waals surface area contributed by atoms with Crippen LogP contribution in [0.1, 0.15) is 18.1 Å². The van der Waals surface area contributed by atoms with Gasteiger partial charge in [-0.15, -0.1) is 0 Å². The van der Waals surface area contributed by atoms with Crippen molar-refractivity contribution >= 4 is 27.0 Å². The average molecular weight is 412 g/mol. The number of aryl methyl sites for hydroxylation is 1. The quantitative estimate of drug-likeness (QED) is 0.426. The highest BCUT2D eigenvalue weighted by molar-refractivity contribution is 9.10. The molecule has 0 amide bonds. The topological polar surface area (TPSA) is 29.9 Å². The molecule has 26 heavy (non-hydrogen) atoms. The number of benzene rings is 2. The summed E-state index contributed by atoms with van der Waals surface area (Å²) in [4.78, 5) is 4.62. The fraction of sp³-hybridized carbons (Fsp3) is 0.143. The molecule has 4 aromatic rings. The number of rotatable bonds is 4. The summed E-state index contributed by atoms with van der Waals surface area (Å²) in [6, 6.07) is 14.8. The molecular formula is C21H17BrFN2O+. The van der Waals surface area contributed by atoms with Crippen LogP contribution in [0.5, 0.6) is 0 Å². The minimum absolute atomic E-state index is 0.213. The predicted molar refractivity (Wildman–Crippen MR) is 102 cm³/mol.